The standard InChI is InChI=1S/C24H18N2O4S2/c27-24(28)10-8-18-14-26(32(29,30)23-15-31-22-6-2-1-5-19(22)23)21-9-7-16(12-20(18)21)17-4-3-11-25-13-17/h1-7,9,11-15H,8,10H2,(H,27,28). The van der Waals surface area contributed by atoms with Crippen LogP contribution in [0.1, 0.15) is 12.0 Å². The van der Waals surface area contributed by atoms with Gasteiger partial charge in [-0.05, 0) is 41.8 Å². The van der Waals surface area contributed by atoms with Gasteiger partial charge in [0, 0.05) is 51.4 Å². The summed E-state index contributed by atoms with van der Waals surface area (Å²) in [6, 6.07) is 16.7. The summed E-state index contributed by atoms with van der Waals surface area (Å²) in [5.41, 5.74) is 2.99. The molecule has 0 saturated carbocycles. The molecule has 6 nitrogen and oxygen atoms in total. The zero-order valence-electron chi connectivity index (χ0n) is 16.8. The molecule has 1 N–H and O–H groups in total. The monoisotopic (exact) mass is 462 g/mol. The van der Waals surface area contributed by atoms with Crippen LogP contribution in [0.25, 0.3) is 32.1 Å². The number of benzene rings is 2. The minimum absolute atomic E-state index is 0.0857. The molecule has 0 aliphatic carbocycles. The minimum atomic E-state index is -3.88. The van der Waals surface area contributed by atoms with Crippen LogP contribution < -0.4 is 0 Å². The summed E-state index contributed by atoms with van der Waals surface area (Å²) >= 11 is 1.38. The smallest absolute Gasteiger partial charge is 0.303 e. The maximum absolute atomic E-state index is 13.7. The number of hydrogen-bond donors (Lipinski definition) is 1. The lowest BCUT2D eigenvalue weighted by molar-refractivity contribution is -0.136. The van der Waals surface area contributed by atoms with Crippen molar-refractivity contribution in [3.63, 3.8) is 0 Å². The number of aromatic nitrogens is 2. The third-order valence-electron chi connectivity index (χ3n) is 5.44. The van der Waals surface area contributed by atoms with Gasteiger partial charge in [-0.25, -0.2) is 12.4 Å². The SMILES string of the molecule is O=C(O)CCc1cn(S(=O)(=O)c2csc3ccccc23)c2ccc(-c3cccnc3)cc12. The number of rotatable bonds is 6. The molecule has 0 atom stereocenters. The van der Waals surface area contributed by atoms with Gasteiger partial charge in [0.2, 0.25) is 0 Å². The molecule has 0 aliphatic heterocycles. The summed E-state index contributed by atoms with van der Waals surface area (Å²) in [6.45, 7) is 0. The zero-order chi connectivity index (χ0) is 22.3. The van der Waals surface area contributed by atoms with E-state index in [2.05, 4.69) is 4.98 Å². The molecule has 0 fully saturated rings. The fourth-order valence-corrected chi connectivity index (χ4v) is 6.75. The molecule has 8 heteroatoms. The predicted molar refractivity (Wildman–Crippen MR) is 126 cm³/mol. The summed E-state index contributed by atoms with van der Waals surface area (Å²) in [5, 5.41) is 12.2. The largest absolute Gasteiger partial charge is 0.481 e. The first-order valence-electron chi connectivity index (χ1n) is 9.93. The van der Waals surface area contributed by atoms with Crippen LogP contribution in [0.5, 0.6) is 0 Å². The van der Waals surface area contributed by atoms with Gasteiger partial charge in [0.05, 0.1) is 5.52 Å². The minimum Gasteiger partial charge on any atom is -0.481 e. The normalized spacial score (nSPS) is 11.9. The lowest BCUT2D eigenvalue weighted by Gasteiger charge is -2.08. The number of carbonyl (C=O) groups is 1. The number of nitrogens with zero attached hydrogens (tertiary/aromatic N) is 2. The molecule has 160 valence electrons. The van der Waals surface area contributed by atoms with E-state index in [4.69, 9.17) is 0 Å². The molecule has 0 spiro atoms. The highest BCUT2D eigenvalue weighted by molar-refractivity contribution is 7.90. The Morgan fingerprint density at radius 2 is 1.88 bits per heavy atom. The molecular weight excluding hydrogens is 444 g/mol. The van der Waals surface area contributed by atoms with Crippen molar-refractivity contribution >= 4 is 48.3 Å². The Labute approximate surface area is 188 Å². The molecule has 0 unspecified atom stereocenters. The molecule has 2 aromatic carbocycles. The summed E-state index contributed by atoms with van der Waals surface area (Å²) in [6.07, 6.45) is 5.13. The first kappa shape index (κ1) is 20.4. The van der Waals surface area contributed by atoms with E-state index in [1.54, 1.807) is 36.1 Å². The van der Waals surface area contributed by atoms with Gasteiger partial charge >= 0.3 is 5.97 Å². The number of aliphatic carboxylic acids is 1. The van der Waals surface area contributed by atoms with Crippen molar-refractivity contribution in [2.75, 3.05) is 0 Å². The summed E-state index contributed by atoms with van der Waals surface area (Å²) < 4.78 is 29.5. The molecule has 0 bridgehead atoms. The van der Waals surface area contributed by atoms with Crippen molar-refractivity contribution in [1.29, 1.82) is 0 Å². The molecule has 32 heavy (non-hydrogen) atoms. The first-order chi connectivity index (χ1) is 15.4. The van der Waals surface area contributed by atoms with Gasteiger partial charge in [0.15, 0.2) is 0 Å². The van der Waals surface area contributed by atoms with Crippen molar-refractivity contribution < 1.29 is 18.3 Å². The lowest BCUT2D eigenvalue weighted by atomic mass is 10.0. The Morgan fingerprint density at radius 3 is 2.66 bits per heavy atom. The average Bonchev–Trinajstić information content (AvgIpc) is 3.40. The Balaban J connectivity index is 1.71. The number of hydrogen-bond acceptors (Lipinski definition) is 5. The molecule has 0 aliphatic rings. The molecule has 5 rings (SSSR count). The van der Waals surface area contributed by atoms with Crippen LogP contribution in [0.2, 0.25) is 0 Å². The van der Waals surface area contributed by atoms with Gasteiger partial charge in [-0.15, -0.1) is 11.3 Å². The number of aryl methyl sites for hydroxylation is 1. The maximum Gasteiger partial charge on any atom is 0.303 e. The van der Waals surface area contributed by atoms with Gasteiger partial charge in [-0.1, -0.05) is 30.3 Å². The zero-order valence-corrected chi connectivity index (χ0v) is 18.4. The Bertz CT molecular complexity index is 1570. The van der Waals surface area contributed by atoms with Crippen molar-refractivity contribution in [2.45, 2.75) is 17.7 Å². The lowest BCUT2D eigenvalue weighted by Crippen LogP contribution is -2.11. The van der Waals surface area contributed by atoms with E-state index in [0.717, 1.165) is 21.2 Å². The van der Waals surface area contributed by atoms with E-state index in [1.807, 2.05) is 42.5 Å². The van der Waals surface area contributed by atoms with Crippen LogP contribution in [0.4, 0.5) is 0 Å². The molecular formula is C24H18N2O4S2. The first-order valence-corrected chi connectivity index (χ1v) is 12.2. The average molecular weight is 463 g/mol. The number of carboxylic acids is 1. The van der Waals surface area contributed by atoms with Crippen molar-refractivity contribution in [2.24, 2.45) is 0 Å². The number of thiophene rings is 1. The quantitative estimate of drug-likeness (QED) is 0.376. The third kappa shape index (κ3) is 3.47. The van der Waals surface area contributed by atoms with Crippen LogP contribution in [0.3, 0.4) is 0 Å². The molecule has 3 aromatic heterocycles. The van der Waals surface area contributed by atoms with E-state index < -0.39 is 16.0 Å². The number of pyridine rings is 1. The molecule has 0 radical (unpaired) electrons. The highest BCUT2D eigenvalue weighted by Crippen LogP contribution is 2.35. The summed E-state index contributed by atoms with van der Waals surface area (Å²) in [4.78, 5) is 15.6. The van der Waals surface area contributed by atoms with E-state index in [0.29, 0.717) is 16.5 Å². The molecule has 0 amide bonds. The van der Waals surface area contributed by atoms with Gasteiger partial charge in [0.1, 0.15) is 4.90 Å². The Kier molecular flexibility index (Phi) is 5.03. The number of fused-ring (bicyclic) bond motifs is 2. The van der Waals surface area contributed by atoms with Gasteiger partial charge in [-0.3, -0.25) is 9.78 Å². The molecule has 5 aromatic rings. The van der Waals surface area contributed by atoms with Crippen LogP contribution in [0, 0.1) is 0 Å². The van der Waals surface area contributed by atoms with E-state index in [1.165, 1.54) is 15.3 Å². The van der Waals surface area contributed by atoms with E-state index in [-0.39, 0.29) is 17.7 Å². The molecule has 3 heterocycles. The van der Waals surface area contributed by atoms with Gasteiger partial charge in [0.25, 0.3) is 10.0 Å². The van der Waals surface area contributed by atoms with Gasteiger partial charge < -0.3 is 5.11 Å². The van der Waals surface area contributed by atoms with Gasteiger partial charge in [-0.2, -0.15) is 0 Å². The highest BCUT2D eigenvalue weighted by Gasteiger charge is 2.24. The Hall–Kier alpha value is -3.49. The summed E-state index contributed by atoms with van der Waals surface area (Å²) in [5.74, 6) is -0.930. The Morgan fingerprint density at radius 1 is 1.03 bits per heavy atom. The van der Waals surface area contributed by atoms with E-state index in [9.17, 15) is 18.3 Å². The third-order valence-corrected chi connectivity index (χ3v) is 8.26. The number of carboxylic acid groups (broad SMARTS) is 1. The second-order valence-electron chi connectivity index (χ2n) is 7.42. The van der Waals surface area contributed by atoms with Crippen LogP contribution in [0.15, 0.2) is 83.5 Å². The van der Waals surface area contributed by atoms with E-state index >= 15 is 0 Å². The highest BCUT2D eigenvalue weighted by atomic mass is 32.2. The van der Waals surface area contributed by atoms with Crippen LogP contribution >= 0.6 is 11.3 Å². The second-order valence-corrected chi connectivity index (χ2v) is 10.1. The fourth-order valence-electron chi connectivity index (χ4n) is 3.88. The van der Waals surface area contributed by atoms with Crippen LogP contribution in [-0.2, 0) is 21.2 Å². The topological polar surface area (TPSA) is 89.3 Å². The molecule has 0 saturated heterocycles. The summed E-state index contributed by atoms with van der Waals surface area (Å²) in [7, 11) is -3.88. The van der Waals surface area contributed by atoms with Crippen molar-refractivity contribution in [1.82, 2.24) is 8.96 Å². The van der Waals surface area contributed by atoms with Crippen molar-refractivity contribution in [3.8, 4) is 11.1 Å². The predicted octanol–water partition coefficient (Wildman–Crippen LogP) is 5.17. The maximum atomic E-state index is 13.7. The second kappa shape index (κ2) is 7.89. The van der Waals surface area contributed by atoms with Crippen LogP contribution in [-0.4, -0.2) is 28.5 Å². The van der Waals surface area contributed by atoms with Crippen molar-refractivity contribution in [3.05, 3.63) is 84.1 Å². The fraction of sp³-hybridized carbons (Fsp3) is 0.0833.